The molecule has 1 atom stereocenters. The second-order valence-electron chi connectivity index (χ2n) is 4.19. The van der Waals surface area contributed by atoms with Crippen molar-refractivity contribution in [1.29, 1.82) is 0 Å². The van der Waals surface area contributed by atoms with Gasteiger partial charge in [0.2, 0.25) is 0 Å². The molecule has 4 nitrogen and oxygen atoms in total. The fourth-order valence-corrected chi connectivity index (χ4v) is 1.19. The van der Waals surface area contributed by atoms with Crippen molar-refractivity contribution < 1.29 is 29.0 Å². The molecule has 0 saturated heterocycles. The van der Waals surface area contributed by atoms with Crippen LogP contribution in [0.2, 0.25) is 0 Å². The van der Waals surface area contributed by atoms with E-state index in [-0.39, 0.29) is 46.3 Å². The van der Waals surface area contributed by atoms with Crippen molar-refractivity contribution in [2.75, 3.05) is 33.8 Å². The van der Waals surface area contributed by atoms with Crippen molar-refractivity contribution in [1.82, 2.24) is 4.90 Å². The number of amides is 1. The minimum absolute atomic E-state index is 0. The van der Waals surface area contributed by atoms with Crippen LogP contribution in [0.1, 0.15) is 48.0 Å². The van der Waals surface area contributed by atoms with Crippen LogP contribution >= 0.6 is 0 Å². The molecule has 1 radical (unpaired) electrons. The van der Waals surface area contributed by atoms with E-state index in [4.69, 9.17) is 4.74 Å². The van der Waals surface area contributed by atoms with Gasteiger partial charge in [-0.15, -0.1) is 6.54 Å². The van der Waals surface area contributed by atoms with Crippen molar-refractivity contribution in [3.05, 3.63) is 5.32 Å². The van der Waals surface area contributed by atoms with Gasteiger partial charge in [0.05, 0.1) is 5.91 Å². The van der Waals surface area contributed by atoms with Gasteiger partial charge >= 0.3 is 0 Å². The predicted molar refractivity (Wildman–Crippen MR) is 80.2 cm³/mol. The summed E-state index contributed by atoms with van der Waals surface area (Å²) in [6, 6.07) is 0. The molecule has 19 heavy (non-hydrogen) atoms. The third-order valence-corrected chi connectivity index (χ3v) is 2.26. The third-order valence-electron chi connectivity index (χ3n) is 2.26. The van der Waals surface area contributed by atoms with Gasteiger partial charge in [0.15, 0.2) is 0 Å². The molecule has 0 aromatic rings. The zero-order valence-electron chi connectivity index (χ0n) is 11.4. The Morgan fingerprint density at radius 1 is 1.26 bits per heavy atom. The Bertz CT molecular complexity index is 190. The number of hydrogen-bond acceptors (Lipinski definition) is 3. The first kappa shape index (κ1) is 27.4. The summed E-state index contributed by atoms with van der Waals surface area (Å²) in [5.74, 6) is -0.0211. The SMILES string of the molecule is C.C.CCCOC(CC)C[N-]C(=O)CCN(C)C.[Rh]. The van der Waals surface area contributed by atoms with Crippen LogP contribution in [0.5, 0.6) is 0 Å². The Labute approximate surface area is 133 Å². The standard InChI is InChI=1S/C12H26N2O2.2CH4.Rh/c1-5-9-16-11(6-2)10-13-12(15)7-8-14(3)4;;;/h11H,5-10H2,1-4H3,(H,13,15);2*1H4;/p-1. The number of ether oxygens (including phenoxy) is 1. The van der Waals surface area contributed by atoms with E-state index >= 15 is 0 Å². The minimum atomic E-state index is -0.0211. The number of carbonyl (C=O) groups is 1. The van der Waals surface area contributed by atoms with Gasteiger partial charge in [-0.25, -0.2) is 0 Å². The van der Waals surface area contributed by atoms with Crippen LogP contribution in [0.4, 0.5) is 0 Å². The van der Waals surface area contributed by atoms with Crippen LogP contribution < -0.4 is 0 Å². The van der Waals surface area contributed by atoms with E-state index in [0.717, 1.165) is 26.0 Å². The largest absolute Gasteiger partial charge is 0.651 e. The Morgan fingerprint density at radius 2 is 1.84 bits per heavy atom. The maximum Gasteiger partial charge on any atom is 0.0525 e. The number of rotatable bonds is 9. The maximum absolute atomic E-state index is 11.4. The summed E-state index contributed by atoms with van der Waals surface area (Å²) < 4.78 is 5.56. The van der Waals surface area contributed by atoms with Gasteiger partial charge in [-0.3, -0.25) is 0 Å². The summed E-state index contributed by atoms with van der Waals surface area (Å²) >= 11 is 0. The fourth-order valence-electron chi connectivity index (χ4n) is 1.19. The second-order valence-corrected chi connectivity index (χ2v) is 4.19. The van der Waals surface area contributed by atoms with Crippen LogP contribution in [0, 0.1) is 0 Å². The molecule has 0 heterocycles. The number of nitrogens with zero attached hydrogens (tertiary/aromatic N) is 2. The summed E-state index contributed by atoms with van der Waals surface area (Å²) in [5, 5.41) is 4.03. The van der Waals surface area contributed by atoms with Gasteiger partial charge in [0.1, 0.15) is 0 Å². The van der Waals surface area contributed by atoms with Gasteiger partial charge in [-0.05, 0) is 26.9 Å². The first-order valence-electron chi connectivity index (χ1n) is 6.06. The second kappa shape index (κ2) is 18.0. The van der Waals surface area contributed by atoms with E-state index < -0.39 is 0 Å². The van der Waals surface area contributed by atoms with Gasteiger partial charge in [0, 0.05) is 45.2 Å². The summed E-state index contributed by atoms with van der Waals surface area (Å²) in [5.41, 5.74) is 0. The zero-order chi connectivity index (χ0) is 12.4. The number of hydrogen-bond donors (Lipinski definition) is 0. The summed E-state index contributed by atoms with van der Waals surface area (Å²) in [4.78, 5) is 13.4. The zero-order valence-corrected chi connectivity index (χ0v) is 13.0. The Kier molecular flexibility index (Phi) is 25.9. The summed E-state index contributed by atoms with van der Waals surface area (Å²) in [6.45, 7) is 6.14. The molecular weight excluding hydrogens is 331 g/mol. The Hall–Kier alpha value is 0.0134. The fraction of sp³-hybridized carbons (Fsp3) is 0.929. The molecule has 0 aromatic carbocycles. The minimum Gasteiger partial charge on any atom is -0.651 e. The smallest absolute Gasteiger partial charge is 0.0525 e. The molecule has 0 N–H and O–H groups in total. The van der Waals surface area contributed by atoms with Crippen LogP contribution in [0.3, 0.4) is 0 Å². The van der Waals surface area contributed by atoms with Gasteiger partial charge in [0.25, 0.3) is 0 Å². The first-order valence-corrected chi connectivity index (χ1v) is 6.06. The monoisotopic (exact) mass is 364 g/mol. The Morgan fingerprint density at radius 3 is 2.26 bits per heavy atom. The van der Waals surface area contributed by atoms with Crippen molar-refractivity contribution in [2.24, 2.45) is 0 Å². The third kappa shape index (κ3) is 18.0. The average molecular weight is 364 g/mol. The van der Waals surface area contributed by atoms with Crippen molar-refractivity contribution in [3.8, 4) is 0 Å². The number of carbonyl (C=O) groups excluding carboxylic acids is 1. The molecule has 1 unspecified atom stereocenters. The molecular formula is C14H33N2O2Rh-. The van der Waals surface area contributed by atoms with Gasteiger partial charge in [-0.2, -0.15) is 0 Å². The first-order chi connectivity index (χ1) is 7.60. The molecule has 0 rings (SSSR count). The average Bonchev–Trinajstić information content (AvgIpc) is 2.26. The Balaban J connectivity index is -0.000000375. The van der Waals surface area contributed by atoms with Crippen LogP contribution in [-0.4, -0.2) is 50.7 Å². The molecule has 0 fully saturated rings. The molecule has 0 saturated carbocycles. The van der Waals surface area contributed by atoms with E-state index in [1.807, 2.05) is 19.0 Å². The molecule has 1 amide bonds. The van der Waals surface area contributed by atoms with Crippen LogP contribution in [-0.2, 0) is 29.0 Å². The molecule has 5 heteroatoms. The molecule has 0 aliphatic carbocycles. The summed E-state index contributed by atoms with van der Waals surface area (Å²) in [6.07, 6.45) is 2.51. The van der Waals surface area contributed by atoms with E-state index in [0.29, 0.717) is 13.0 Å². The van der Waals surface area contributed by atoms with Gasteiger partial charge < -0.3 is 19.7 Å². The maximum atomic E-state index is 11.4. The molecule has 0 bridgehead atoms. The molecule has 0 aliphatic rings. The van der Waals surface area contributed by atoms with Crippen LogP contribution in [0.25, 0.3) is 5.32 Å². The molecule has 0 aromatic heterocycles. The van der Waals surface area contributed by atoms with Crippen molar-refractivity contribution in [3.63, 3.8) is 0 Å². The van der Waals surface area contributed by atoms with E-state index in [1.54, 1.807) is 0 Å². The molecule has 121 valence electrons. The normalized spacial score (nSPS) is 10.8. The van der Waals surface area contributed by atoms with Gasteiger partial charge in [-0.1, -0.05) is 28.7 Å². The predicted octanol–water partition coefficient (Wildman–Crippen LogP) is 3.31. The van der Waals surface area contributed by atoms with E-state index in [2.05, 4.69) is 19.2 Å². The quantitative estimate of drug-likeness (QED) is 0.590. The molecule has 0 aliphatic heterocycles. The van der Waals surface area contributed by atoms with Crippen molar-refractivity contribution >= 4 is 5.91 Å². The summed E-state index contributed by atoms with van der Waals surface area (Å²) in [7, 11) is 3.90. The van der Waals surface area contributed by atoms with E-state index in [1.165, 1.54) is 0 Å². The molecule has 0 spiro atoms. The van der Waals surface area contributed by atoms with Crippen LogP contribution in [0.15, 0.2) is 0 Å². The topological polar surface area (TPSA) is 43.6 Å². The van der Waals surface area contributed by atoms with Crippen molar-refractivity contribution in [2.45, 2.75) is 54.1 Å². The van der Waals surface area contributed by atoms with E-state index in [9.17, 15) is 4.79 Å².